The Balaban J connectivity index is 2.38. The van der Waals surface area contributed by atoms with Crippen molar-refractivity contribution < 1.29 is 14.3 Å². The maximum atomic E-state index is 11.0. The molecule has 0 bridgehead atoms. The summed E-state index contributed by atoms with van der Waals surface area (Å²) in [6, 6.07) is 0. The number of allylic oxidation sites excluding steroid dienone is 2. The Morgan fingerprint density at radius 3 is 2.69 bits per heavy atom. The molecule has 3 heteroatoms. The van der Waals surface area contributed by atoms with E-state index in [9.17, 15) is 9.59 Å². The molecule has 1 heterocycles. The molecular weight excluding hydrogens is 168 g/mol. The molecule has 0 aromatic carbocycles. The van der Waals surface area contributed by atoms with Crippen molar-refractivity contribution in [1.29, 1.82) is 0 Å². The maximum Gasteiger partial charge on any atom is 0.317 e. The van der Waals surface area contributed by atoms with Crippen molar-refractivity contribution in [2.45, 2.75) is 26.7 Å². The van der Waals surface area contributed by atoms with Gasteiger partial charge in [0.25, 0.3) is 0 Å². The van der Waals surface area contributed by atoms with Gasteiger partial charge < -0.3 is 4.74 Å². The molecular formula is C10H14O3. The van der Waals surface area contributed by atoms with E-state index in [1.54, 1.807) is 0 Å². The summed E-state index contributed by atoms with van der Waals surface area (Å²) in [6.45, 7) is 4.13. The Labute approximate surface area is 77.8 Å². The molecule has 0 aliphatic carbocycles. The van der Waals surface area contributed by atoms with Crippen molar-refractivity contribution in [2.75, 3.05) is 0 Å². The van der Waals surface area contributed by atoms with Crippen LogP contribution in [0.25, 0.3) is 0 Å². The first kappa shape index (κ1) is 9.96. The van der Waals surface area contributed by atoms with Gasteiger partial charge in [-0.25, -0.2) is 0 Å². The molecule has 0 amide bonds. The molecule has 0 aromatic heterocycles. The van der Waals surface area contributed by atoms with Crippen LogP contribution in [-0.4, -0.2) is 11.9 Å². The second kappa shape index (κ2) is 4.21. The average Bonchev–Trinajstić information content (AvgIpc) is 2.29. The van der Waals surface area contributed by atoms with Crippen molar-refractivity contribution in [2.24, 2.45) is 11.8 Å². The first-order valence-corrected chi connectivity index (χ1v) is 4.50. The number of ether oxygens (including phenoxy) is 1. The molecule has 1 atom stereocenters. The lowest BCUT2D eigenvalue weighted by Crippen LogP contribution is -2.05. The molecule has 0 aromatic rings. The summed E-state index contributed by atoms with van der Waals surface area (Å²) in [7, 11) is 0. The SMILES string of the molecule is CC(C)C=CC[C@H]1CC(=O)OC1=O. The molecule has 0 unspecified atom stereocenters. The fourth-order valence-electron chi connectivity index (χ4n) is 1.22. The van der Waals surface area contributed by atoms with Gasteiger partial charge in [-0.15, -0.1) is 0 Å². The van der Waals surface area contributed by atoms with E-state index in [1.807, 2.05) is 12.2 Å². The predicted molar refractivity (Wildman–Crippen MR) is 47.8 cm³/mol. The lowest BCUT2D eigenvalue weighted by Gasteiger charge is -1.98. The smallest absolute Gasteiger partial charge is 0.317 e. The fourth-order valence-corrected chi connectivity index (χ4v) is 1.22. The number of cyclic esters (lactones) is 2. The number of hydrogen-bond acceptors (Lipinski definition) is 3. The van der Waals surface area contributed by atoms with Gasteiger partial charge in [0, 0.05) is 0 Å². The van der Waals surface area contributed by atoms with Gasteiger partial charge in [-0.1, -0.05) is 26.0 Å². The second-order valence-corrected chi connectivity index (χ2v) is 3.60. The number of rotatable bonds is 3. The van der Waals surface area contributed by atoms with E-state index >= 15 is 0 Å². The molecule has 3 nitrogen and oxygen atoms in total. The topological polar surface area (TPSA) is 43.4 Å². The number of carbonyl (C=O) groups is 2. The quantitative estimate of drug-likeness (QED) is 0.379. The zero-order valence-electron chi connectivity index (χ0n) is 7.95. The molecule has 1 rings (SSSR count). The van der Waals surface area contributed by atoms with Crippen molar-refractivity contribution in [1.82, 2.24) is 0 Å². The van der Waals surface area contributed by atoms with Crippen molar-refractivity contribution in [3.05, 3.63) is 12.2 Å². The van der Waals surface area contributed by atoms with Crippen molar-refractivity contribution in [3.8, 4) is 0 Å². The summed E-state index contributed by atoms with van der Waals surface area (Å²) >= 11 is 0. The van der Waals surface area contributed by atoms with E-state index in [4.69, 9.17) is 0 Å². The highest BCUT2D eigenvalue weighted by atomic mass is 16.6. The van der Waals surface area contributed by atoms with E-state index in [1.165, 1.54) is 0 Å². The van der Waals surface area contributed by atoms with E-state index in [0.717, 1.165) is 0 Å². The molecule has 0 spiro atoms. The molecule has 0 saturated carbocycles. The Morgan fingerprint density at radius 2 is 2.23 bits per heavy atom. The molecule has 0 N–H and O–H groups in total. The lowest BCUT2D eigenvalue weighted by molar-refractivity contribution is -0.153. The first-order chi connectivity index (χ1) is 6.09. The maximum absolute atomic E-state index is 11.0. The van der Waals surface area contributed by atoms with Gasteiger partial charge in [-0.2, -0.15) is 0 Å². The molecule has 1 saturated heterocycles. The third-order valence-corrected chi connectivity index (χ3v) is 1.90. The Hall–Kier alpha value is -1.12. The lowest BCUT2D eigenvalue weighted by atomic mass is 10.0. The summed E-state index contributed by atoms with van der Waals surface area (Å²) in [6.07, 6.45) is 4.81. The van der Waals surface area contributed by atoms with E-state index < -0.39 is 5.97 Å². The predicted octanol–water partition coefficient (Wildman–Crippen LogP) is 1.68. The van der Waals surface area contributed by atoms with Gasteiger partial charge in [0.2, 0.25) is 0 Å². The van der Waals surface area contributed by atoms with Gasteiger partial charge in [-0.05, 0) is 12.3 Å². The molecule has 0 radical (unpaired) electrons. The van der Waals surface area contributed by atoms with Crippen LogP contribution in [0.1, 0.15) is 26.7 Å². The minimum atomic E-state index is -0.395. The number of carbonyl (C=O) groups excluding carboxylic acids is 2. The van der Waals surface area contributed by atoms with Crippen LogP contribution in [0.5, 0.6) is 0 Å². The highest BCUT2D eigenvalue weighted by Gasteiger charge is 2.31. The fraction of sp³-hybridized carbons (Fsp3) is 0.600. The first-order valence-electron chi connectivity index (χ1n) is 4.50. The van der Waals surface area contributed by atoms with Gasteiger partial charge in [0.05, 0.1) is 12.3 Å². The van der Waals surface area contributed by atoms with Gasteiger partial charge in [0.15, 0.2) is 0 Å². The van der Waals surface area contributed by atoms with Crippen LogP contribution in [0, 0.1) is 11.8 Å². The average molecular weight is 182 g/mol. The van der Waals surface area contributed by atoms with Crippen molar-refractivity contribution in [3.63, 3.8) is 0 Å². The highest BCUT2D eigenvalue weighted by Crippen LogP contribution is 2.19. The normalized spacial score (nSPS) is 23.2. The van der Waals surface area contributed by atoms with Gasteiger partial charge in [0.1, 0.15) is 0 Å². The molecule has 1 aliphatic heterocycles. The standard InChI is InChI=1S/C10H14O3/c1-7(2)4-3-5-8-6-9(11)13-10(8)12/h3-4,7-8H,5-6H2,1-2H3/t8-/m0/s1. The largest absolute Gasteiger partial charge is 0.393 e. The Bertz CT molecular complexity index is 241. The third kappa shape index (κ3) is 3.01. The van der Waals surface area contributed by atoms with Gasteiger partial charge >= 0.3 is 11.9 Å². The van der Waals surface area contributed by atoms with Crippen LogP contribution in [0.15, 0.2) is 12.2 Å². The van der Waals surface area contributed by atoms with Crippen molar-refractivity contribution >= 4 is 11.9 Å². The summed E-state index contributed by atoms with van der Waals surface area (Å²) in [5.41, 5.74) is 0. The monoisotopic (exact) mass is 182 g/mol. The van der Waals surface area contributed by atoms with Gasteiger partial charge in [-0.3, -0.25) is 9.59 Å². The Morgan fingerprint density at radius 1 is 1.54 bits per heavy atom. The number of esters is 2. The zero-order chi connectivity index (χ0) is 9.84. The second-order valence-electron chi connectivity index (χ2n) is 3.60. The third-order valence-electron chi connectivity index (χ3n) is 1.90. The van der Waals surface area contributed by atoms with Crippen LogP contribution in [0.4, 0.5) is 0 Å². The zero-order valence-corrected chi connectivity index (χ0v) is 7.95. The van der Waals surface area contributed by atoms with Crippen LogP contribution in [0.2, 0.25) is 0 Å². The summed E-state index contributed by atoms with van der Waals surface area (Å²) in [4.78, 5) is 21.7. The van der Waals surface area contributed by atoms with Crippen LogP contribution >= 0.6 is 0 Å². The Kier molecular flexibility index (Phi) is 3.23. The molecule has 1 aliphatic rings. The molecule has 13 heavy (non-hydrogen) atoms. The summed E-state index contributed by atoms with van der Waals surface area (Å²) in [5.74, 6) is -0.540. The van der Waals surface area contributed by atoms with Crippen LogP contribution < -0.4 is 0 Å². The summed E-state index contributed by atoms with van der Waals surface area (Å²) < 4.78 is 4.42. The van der Waals surface area contributed by atoms with Crippen LogP contribution in [0.3, 0.4) is 0 Å². The minimum Gasteiger partial charge on any atom is -0.393 e. The summed E-state index contributed by atoms with van der Waals surface area (Å²) in [5, 5.41) is 0. The van der Waals surface area contributed by atoms with E-state index in [0.29, 0.717) is 12.3 Å². The molecule has 72 valence electrons. The van der Waals surface area contributed by atoms with Crippen LogP contribution in [-0.2, 0) is 14.3 Å². The number of hydrogen-bond donors (Lipinski definition) is 0. The van der Waals surface area contributed by atoms with E-state index in [2.05, 4.69) is 18.6 Å². The molecule has 1 fully saturated rings. The minimum absolute atomic E-state index is 0.237. The van der Waals surface area contributed by atoms with E-state index in [-0.39, 0.29) is 18.3 Å². The highest BCUT2D eigenvalue weighted by molar-refractivity contribution is 5.94.